The minimum absolute atomic E-state index is 0.0106. The van der Waals surface area contributed by atoms with Crippen LogP contribution >= 0.6 is 0 Å². The number of nitriles is 1. The van der Waals surface area contributed by atoms with Gasteiger partial charge in [-0.25, -0.2) is 14.6 Å². The van der Waals surface area contributed by atoms with Crippen molar-refractivity contribution in [3.63, 3.8) is 0 Å². The minimum atomic E-state index is -1.94. The zero-order valence-electron chi connectivity index (χ0n) is 24.6. The number of methoxy groups -OCH3 is 1. The molecule has 0 fully saturated rings. The van der Waals surface area contributed by atoms with Crippen LogP contribution in [0.15, 0.2) is 30.5 Å². The van der Waals surface area contributed by atoms with Crippen LogP contribution < -0.4 is 10.6 Å². The highest BCUT2D eigenvalue weighted by molar-refractivity contribution is 6.74. The predicted molar refractivity (Wildman–Crippen MR) is 158 cm³/mol. The second-order valence-corrected chi connectivity index (χ2v) is 17.1. The van der Waals surface area contributed by atoms with Crippen LogP contribution in [0, 0.1) is 18.3 Å². The first-order valence-electron chi connectivity index (χ1n) is 13.4. The van der Waals surface area contributed by atoms with Crippen molar-refractivity contribution in [1.82, 2.24) is 19.7 Å². The van der Waals surface area contributed by atoms with Crippen molar-refractivity contribution in [2.24, 2.45) is 0 Å². The summed E-state index contributed by atoms with van der Waals surface area (Å²) in [6.07, 6.45) is 1.74. The van der Waals surface area contributed by atoms with Gasteiger partial charge in [0.05, 0.1) is 35.3 Å². The molecular formula is C29H41N7O2Si. The summed E-state index contributed by atoms with van der Waals surface area (Å²) in [5.74, 6) is 1.25. The Hall–Kier alpha value is -3.26. The number of nitrogens with zero attached hydrogens (tertiary/aromatic N) is 5. The van der Waals surface area contributed by atoms with Gasteiger partial charge in [-0.15, -0.1) is 0 Å². The smallest absolute Gasteiger partial charge is 0.228 e. The van der Waals surface area contributed by atoms with Gasteiger partial charge in [-0.05, 0) is 55.7 Å². The van der Waals surface area contributed by atoms with E-state index in [1.807, 2.05) is 36.7 Å². The van der Waals surface area contributed by atoms with E-state index in [2.05, 4.69) is 73.6 Å². The van der Waals surface area contributed by atoms with Crippen molar-refractivity contribution in [3.8, 4) is 17.3 Å². The molecule has 0 radical (unpaired) electrons. The van der Waals surface area contributed by atoms with Gasteiger partial charge in [-0.3, -0.25) is 0 Å². The lowest BCUT2D eigenvalue weighted by atomic mass is 9.83. The molecule has 3 heterocycles. The third-order valence-corrected chi connectivity index (χ3v) is 12.5. The quantitative estimate of drug-likeness (QED) is 0.314. The normalized spacial score (nSPS) is 17.8. The Morgan fingerprint density at radius 3 is 2.69 bits per heavy atom. The number of ether oxygens (including phenoxy) is 1. The van der Waals surface area contributed by atoms with E-state index in [1.165, 1.54) is 0 Å². The van der Waals surface area contributed by atoms with Gasteiger partial charge in [0.15, 0.2) is 8.32 Å². The molecule has 2 aromatic heterocycles. The van der Waals surface area contributed by atoms with Crippen LogP contribution in [0.3, 0.4) is 0 Å². The van der Waals surface area contributed by atoms with Crippen LogP contribution in [0.5, 0.6) is 0 Å². The van der Waals surface area contributed by atoms with E-state index in [9.17, 15) is 5.26 Å². The van der Waals surface area contributed by atoms with E-state index in [0.717, 1.165) is 40.6 Å². The molecule has 9 nitrogen and oxygen atoms in total. The standard InChI is InChI=1S/C29H41N7O2Si/c1-19-12-25(36(35-19)16-20(2)37-7)34-27-31-11-10-24(33-27)21-13-22(15-30)26-23(14-21)29(6,17-32-26)18-38-39(8,9)28(3,4)5/h10-14,20,32H,16-18H2,1-9H3,(H,31,33,34)/t20?,29-/m1/s1. The van der Waals surface area contributed by atoms with E-state index in [0.29, 0.717) is 24.7 Å². The molecule has 4 rings (SSSR count). The number of anilines is 3. The number of hydrogen-bond donors (Lipinski definition) is 2. The SMILES string of the molecule is COC(C)Cn1nc(C)cc1Nc1nccc(-c2cc(C#N)c3c(c2)[C@@](C)(CO[Si](C)(C)C(C)(C)C)CN3)n1. The zero-order valence-corrected chi connectivity index (χ0v) is 25.6. The molecule has 208 valence electrons. The van der Waals surface area contributed by atoms with E-state index in [-0.39, 0.29) is 16.6 Å². The topological polar surface area (TPSA) is 110 Å². The predicted octanol–water partition coefficient (Wildman–Crippen LogP) is 6.00. The summed E-state index contributed by atoms with van der Waals surface area (Å²) in [6.45, 7) is 19.4. The lowest BCUT2D eigenvalue weighted by molar-refractivity contribution is 0.100. The number of hydrogen-bond acceptors (Lipinski definition) is 8. The summed E-state index contributed by atoms with van der Waals surface area (Å²) in [4.78, 5) is 9.25. The molecule has 0 amide bonds. The van der Waals surface area contributed by atoms with Gasteiger partial charge >= 0.3 is 0 Å². The molecule has 1 aliphatic rings. The van der Waals surface area contributed by atoms with Crippen molar-refractivity contribution >= 4 is 25.8 Å². The monoisotopic (exact) mass is 547 g/mol. The molecule has 1 aliphatic heterocycles. The van der Waals surface area contributed by atoms with Gasteiger partial charge in [0.2, 0.25) is 5.95 Å². The molecule has 0 saturated heterocycles. The lowest BCUT2D eigenvalue weighted by Crippen LogP contribution is -2.45. The molecule has 10 heteroatoms. The second-order valence-electron chi connectivity index (χ2n) is 12.3. The van der Waals surface area contributed by atoms with Gasteiger partial charge < -0.3 is 19.8 Å². The summed E-state index contributed by atoms with van der Waals surface area (Å²) < 4.78 is 13.9. The first kappa shape index (κ1) is 28.7. The van der Waals surface area contributed by atoms with Crippen molar-refractivity contribution in [2.45, 2.75) is 77.7 Å². The lowest BCUT2D eigenvalue weighted by Gasteiger charge is -2.39. The van der Waals surface area contributed by atoms with Crippen molar-refractivity contribution in [2.75, 3.05) is 30.9 Å². The van der Waals surface area contributed by atoms with Crippen molar-refractivity contribution in [3.05, 3.63) is 47.3 Å². The van der Waals surface area contributed by atoms with E-state index in [4.69, 9.17) is 14.1 Å². The van der Waals surface area contributed by atoms with Crippen molar-refractivity contribution < 1.29 is 9.16 Å². The Kier molecular flexibility index (Phi) is 7.90. The molecule has 1 aromatic carbocycles. The minimum Gasteiger partial charge on any atom is -0.416 e. The largest absolute Gasteiger partial charge is 0.416 e. The maximum atomic E-state index is 10.0. The van der Waals surface area contributed by atoms with Crippen LogP contribution in [0.25, 0.3) is 11.3 Å². The Bertz CT molecular complexity index is 1390. The van der Waals surface area contributed by atoms with E-state index < -0.39 is 8.32 Å². The fourth-order valence-electron chi connectivity index (χ4n) is 4.41. The summed E-state index contributed by atoms with van der Waals surface area (Å²) in [5.41, 5.74) is 4.82. The molecule has 2 N–H and O–H groups in total. The average molecular weight is 548 g/mol. The molecule has 2 atom stereocenters. The third kappa shape index (κ3) is 6.00. The van der Waals surface area contributed by atoms with E-state index >= 15 is 0 Å². The fourth-order valence-corrected chi connectivity index (χ4v) is 5.52. The van der Waals surface area contributed by atoms with Gasteiger partial charge in [0.1, 0.15) is 11.9 Å². The van der Waals surface area contributed by atoms with Crippen LogP contribution in [0.4, 0.5) is 17.5 Å². The summed E-state index contributed by atoms with van der Waals surface area (Å²) in [6, 6.07) is 10.3. The Balaban J connectivity index is 1.65. The van der Waals surface area contributed by atoms with Crippen LogP contribution in [-0.4, -0.2) is 54.4 Å². The van der Waals surface area contributed by atoms with Gasteiger partial charge in [0.25, 0.3) is 0 Å². The number of nitrogens with one attached hydrogen (secondary N) is 2. The molecule has 0 aliphatic carbocycles. The van der Waals surface area contributed by atoms with Crippen molar-refractivity contribution in [1.29, 1.82) is 5.26 Å². The molecule has 39 heavy (non-hydrogen) atoms. The van der Waals surface area contributed by atoms with Gasteiger partial charge in [0, 0.05) is 43.5 Å². The van der Waals surface area contributed by atoms with Gasteiger partial charge in [-0.1, -0.05) is 27.7 Å². The Labute approximate surface area is 233 Å². The fraction of sp³-hybridized carbons (Fsp3) is 0.517. The molecule has 3 aromatic rings. The molecule has 0 saturated carbocycles. The summed E-state index contributed by atoms with van der Waals surface area (Å²) >= 11 is 0. The first-order valence-corrected chi connectivity index (χ1v) is 16.3. The summed E-state index contributed by atoms with van der Waals surface area (Å²) in [7, 11) is -0.250. The highest BCUT2D eigenvalue weighted by Gasteiger charge is 2.42. The van der Waals surface area contributed by atoms with E-state index in [1.54, 1.807) is 13.3 Å². The zero-order chi connectivity index (χ0) is 28.6. The Morgan fingerprint density at radius 1 is 1.28 bits per heavy atom. The van der Waals surface area contributed by atoms with Crippen LogP contribution in [-0.2, 0) is 21.1 Å². The number of benzene rings is 1. The van der Waals surface area contributed by atoms with Crippen LogP contribution in [0.1, 0.15) is 51.4 Å². The summed E-state index contributed by atoms with van der Waals surface area (Å²) in [5, 5.41) is 21.5. The number of rotatable bonds is 9. The third-order valence-electron chi connectivity index (χ3n) is 8.05. The molecule has 0 bridgehead atoms. The highest BCUT2D eigenvalue weighted by Crippen LogP contribution is 2.44. The van der Waals surface area contributed by atoms with Gasteiger partial charge in [-0.2, -0.15) is 10.4 Å². The average Bonchev–Trinajstić information content (AvgIpc) is 3.40. The highest BCUT2D eigenvalue weighted by atomic mass is 28.4. The molecule has 1 unspecified atom stereocenters. The number of aromatic nitrogens is 4. The number of aryl methyl sites for hydroxylation is 1. The molecular weight excluding hydrogens is 506 g/mol. The Morgan fingerprint density at radius 2 is 2.03 bits per heavy atom. The molecule has 0 spiro atoms. The first-order chi connectivity index (χ1) is 18.3. The maximum Gasteiger partial charge on any atom is 0.228 e. The van der Waals surface area contributed by atoms with Crippen LogP contribution in [0.2, 0.25) is 18.1 Å². The maximum absolute atomic E-state index is 10.0. The second kappa shape index (κ2) is 10.7. The number of fused-ring (bicyclic) bond motifs is 1.